The minimum Gasteiger partial charge on any atom is -0.380 e. The molecule has 3 rings (SSSR count). The molecule has 0 amide bonds. The standard InChI is InChI=1S/C9H14O3S/c10-13(11)6-8-2-1-3-9(8,7-13)5-12-4-8/h1-7H2. The molecule has 2 heterocycles. The zero-order chi connectivity index (χ0) is 9.16. The van der Waals surface area contributed by atoms with Crippen LogP contribution in [0.4, 0.5) is 0 Å². The predicted octanol–water partition coefficient (Wildman–Crippen LogP) is 0.602. The predicted molar refractivity (Wildman–Crippen MR) is 48.2 cm³/mol. The Bertz CT molecular complexity index is 308. The Morgan fingerprint density at radius 2 is 1.54 bits per heavy atom. The molecule has 0 aromatic carbocycles. The molecular weight excluding hydrogens is 188 g/mol. The molecule has 0 radical (unpaired) electrons. The van der Waals surface area contributed by atoms with E-state index in [1.165, 1.54) is 6.42 Å². The summed E-state index contributed by atoms with van der Waals surface area (Å²) in [5, 5.41) is 0. The van der Waals surface area contributed by atoms with Gasteiger partial charge in [-0.25, -0.2) is 8.42 Å². The lowest BCUT2D eigenvalue weighted by Gasteiger charge is -2.28. The van der Waals surface area contributed by atoms with Gasteiger partial charge in [-0.2, -0.15) is 0 Å². The second-order valence-corrected chi connectivity index (χ2v) is 7.00. The molecule has 0 bridgehead atoms. The summed E-state index contributed by atoms with van der Waals surface area (Å²) in [5.74, 6) is 0.778. The smallest absolute Gasteiger partial charge is 0.151 e. The Kier molecular flexibility index (Phi) is 1.34. The summed E-state index contributed by atoms with van der Waals surface area (Å²) in [6.45, 7) is 1.37. The van der Waals surface area contributed by atoms with Crippen LogP contribution in [-0.2, 0) is 14.6 Å². The second kappa shape index (κ2) is 2.11. The summed E-state index contributed by atoms with van der Waals surface area (Å²) >= 11 is 0. The molecular formula is C9H14O3S. The number of sulfone groups is 1. The van der Waals surface area contributed by atoms with E-state index in [1.807, 2.05) is 0 Å². The van der Waals surface area contributed by atoms with E-state index in [-0.39, 0.29) is 10.8 Å². The summed E-state index contributed by atoms with van der Waals surface area (Å²) in [6.07, 6.45) is 3.32. The van der Waals surface area contributed by atoms with Gasteiger partial charge in [0.1, 0.15) is 0 Å². The SMILES string of the molecule is O=S1(=O)CC23CCCC2(COC3)C1. The van der Waals surface area contributed by atoms with Crippen LogP contribution in [0.2, 0.25) is 0 Å². The van der Waals surface area contributed by atoms with E-state index in [9.17, 15) is 8.42 Å². The summed E-state index contributed by atoms with van der Waals surface area (Å²) in [6, 6.07) is 0. The first-order chi connectivity index (χ1) is 6.08. The average Bonchev–Trinajstić information content (AvgIpc) is 2.42. The van der Waals surface area contributed by atoms with E-state index >= 15 is 0 Å². The van der Waals surface area contributed by atoms with Crippen LogP contribution >= 0.6 is 0 Å². The van der Waals surface area contributed by atoms with Crippen molar-refractivity contribution in [3.05, 3.63) is 0 Å². The molecule has 0 aromatic rings. The molecule has 0 spiro atoms. The number of ether oxygens (including phenoxy) is 1. The fourth-order valence-electron chi connectivity index (χ4n) is 3.61. The van der Waals surface area contributed by atoms with Crippen molar-refractivity contribution < 1.29 is 13.2 Å². The summed E-state index contributed by atoms with van der Waals surface area (Å²) in [7, 11) is -2.76. The van der Waals surface area contributed by atoms with Gasteiger partial charge in [-0.3, -0.25) is 0 Å². The monoisotopic (exact) mass is 202 g/mol. The van der Waals surface area contributed by atoms with Gasteiger partial charge < -0.3 is 4.74 Å². The highest BCUT2D eigenvalue weighted by Gasteiger charge is 2.66. The molecule has 2 aliphatic heterocycles. The lowest BCUT2D eigenvalue weighted by molar-refractivity contribution is 0.152. The largest absolute Gasteiger partial charge is 0.380 e. The third kappa shape index (κ3) is 0.859. The second-order valence-electron chi connectivity index (χ2n) is 4.94. The topological polar surface area (TPSA) is 43.4 Å². The van der Waals surface area contributed by atoms with Gasteiger partial charge in [-0.05, 0) is 12.8 Å². The summed E-state index contributed by atoms with van der Waals surface area (Å²) in [4.78, 5) is 0. The third-order valence-electron chi connectivity index (χ3n) is 4.18. The maximum atomic E-state index is 11.6. The van der Waals surface area contributed by atoms with Crippen LogP contribution in [0.3, 0.4) is 0 Å². The average molecular weight is 202 g/mol. The van der Waals surface area contributed by atoms with Gasteiger partial charge in [0, 0.05) is 10.8 Å². The Balaban J connectivity index is 2.13. The zero-order valence-electron chi connectivity index (χ0n) is 7.58. The lowest BCUT2D eigenvalue weighted by Crippen LogP contribution is -2.34. The Morgan fingerprint density at radius 1 is 1.00 bits per heavy atom. The van der Waals surface area contributed by atoms with E-state index in [0.717, 1.165) is 12.8 Å². The van der Waals surface area contributed by atoms with Crippen LogP contribution < -0.4 is 0 Å². The van der Waals surface area contributed by atoms with Gasteiger partial charge >= 0.3 is 0 Å². The van der Waals surface area contributed by atoms with E-state index in [2.05, 4.69) is 0 Å². The van der Waals surface area contributed by atoms with Crippen LogP contribution in [0.1, 0.15) is 19.3 Å². The quantitative estimate of drug-likeness (QED) is 0.578. The van der Waals surface area contributed by atoms with Gasteiger partial charge in [-0.1, -0.05) is 6.42 Å². The number of rotatable bonds is 0. The van der Waals surface area contributed by atoms with Gasteiger partial charge in [0.2, 0.25) is 0 Å². The van der Waals surface area contributed by atoms with Crippen molar-refractivity contribution in [2.45, 2.75) is 19.3 Å². The van der Waals surface area contributed by atoms with Gasteiger partial charge in [0.25, 0.3) is 0 Å². The van der Waals surface area contributed by atoms with E-state index in [1.54, 1.807) is 0 Å². The molecule has 74 valence electrons. The van der Waals surface area contributed by atoms with Crippen LogP contribution in [0.15, 0.2) is 0 Å². The minimum absolute atomic E-state index is 0.0197. The maximum absolute atomic E-state index is 11.6. The first-order valence-electron chi connectivity index (χ1n) is 4.86. The fraction of sp³-hybridized carbons (Fsp3) is 1.00. The summed E-state index contributed by atoms with van der Waals surface area (Å²) < 4.78 is 28.7. The highest BCUT2D eigenvalue weighted by Crippen LogP contribution is 2.61. The molecule has 1 saturated carbocycles. The Hall–Kier alpha value is -0.0900. The van der Waals surface area contributed by atoms with Gasteiger partial charge in [0.05, 0.1) is 24.7 Å². The Labute approximate surface area is 78.4 Å². The van der Waals surface area contributed by atoms with E-state index in [0.29, 0.717) is 24.7 Å². The van der Waals surface area contributed by atoms with Crippen molar-refractivity contribution in [1.29, 1.82) is 0 Å². The highest BCUT2D eigenvalue weighted by atomic mass is 32.2. The third-order valence-corrected chi connectivity index (χ3v) is 6.17. The zero-order valence-corrected chi connectivity index (χ0v) is 8.40. The van der Waals surface area contributed by atoms with Crippen LogP contribution in [0, 0.1) is 10.8 Å². The van der Waals surface area contributed by atoms with Crippen LogP contribution in [-0.4, -0.2) is 33.1 Å². The van der Waals surface area contributed by atoms with Crippen LogP contribution in [0.25, 0.3) is 0 Å². The maximum Gasteiger partial charge on any atom is 0.151 e. The van der Waals surface area contributed by atoms with Crippen molar-refractivity contribution in [2.24, 2.45) is 10.8 Å². The first-order valence-corrected chi connectivity index (χ1v) is 6.68. The minimum atomic E-state index is -2.76. The molecule has 3 nitrogen and oxygen atoms in total. The number of hydrogen-bond acceptors (Lipinski definition) is 3. The number of hydrogen-bond donors (Lipinski definition) is 0. The van der Waals surface area contributed by atoms with Crippen molar-refractivity contribution in [1.82, 2.24) is 0 Å². The molecule has 3 fully saturated rings. The van der Waals surface area contributed by atoms with Gasteiger partial charge in [0.15, 0.2) is 9.84 Å². The molecule has 1 aliphatic carbocycles. The van der Waals surface area contributed by atoms with Crippen molar-refractivity contribution in [3.8, 4) is 0 Å². The molecule has 0 N–H and O–H groups in total. The fourth-order valence-corrected chi connectivity index (χ4v) is 6.47. The van der Waals surface area contributed by atoms with Gasteiger partial charge in [-0.15, -0.1) is 0 Å². The van der Waals surface area contributed by atoms with Crippen molar-refractivity contribution >= 4 is 9.84 Å². The normalized spacial score (nSPS) is 52.0. The lowest BCUT2D eigenvalue weighted by atomic mass is 9.71. The molecule has 13 heavy (non-hydrogen) atoms. The van der Waals surface area contributed by atoms with Crippen molar-refractivity contribution in [2.75, 3.05) is 24.7 Å². The Morgan fingerprint density at radius 3 is 2.08 bits per heavy atom. The molecule has 2 unspecified atom stereocenters. The molecule has 4 heteroatoms. The highest BCUT2D eigenvalue weighted by molar-refractivity contribution is 7.91. The first kappa shape index (κ1) is 8.24. The molecule has 2 atom stereocenters. The van der Waals surface area contributed by atoms with Crippen LogP contribution in [0.5, 0.6) is 0 Å². The molecule has 3 aliphatic rings. The molecule has 0 aromatic heterocycles. The van der Waals surface area contributed by atoms with E-state index in [4.69, 9.17) is 4.74 Å². The van der Waals surface area contributed by atoms with Crippen molar-refractivity contribution in [3.63, 3.8) is 0 Å². The van der Waals surface area contributed by atoms with E-state index < -0.39 is 9.84 Å². The molecule has 2 saturated heterocycles. The summed E-state index contributed by atoms with van der Waals surface area (Å²) in [5.41, 5.74) is 0.0394.